The Morgan fingerprint density at radius 2 is 1.62 bits per heavy atom. The molecule has 0 radical (unpaired) electrons. The molecule has 4 aromatic carbocycles. The summed E-state index contributed by atoms with van der Waals surface area (Å²) in [7, 11) is 9.78. The van der Waals surface area contributed by atoms with Crippen LogP contribution in [0.1, 0.15) is 17.5 Å². The van der Waals surface area contributed by atoms with Crippen LogP contribution in [-0.2, 0) is 6.54 Å². The third-order valence-electron chi connectivity index (χ3n) is 8.42. The molecule has 0 atom stereocenters. The molecule has 0 saturated carbocycles. The molecule has 0 unspecified atom stereocenters. The molecule has 2 heterocycles. The van der Waals surface area contributed by atoms with Crippen molar-refractivity contribution in [2.45, 2.75) is 17.9 Å². The van der Waals surface area contributed by atoms with Crippen LogP contribution < -0.4 is 29.2 Å². The zero-order chi connectivity index (χ0) is 31.3. The third kappa shape index (κ3) is 6.23. The number of methoxy groups -OCH3 is 2. The van der Waals surface area contributed by atoms with E-state index in [0.29, 0.717) is 0 Å². The second-order valence-electron chi connectivity index (χ2n) is 11.3. The summed E-state index contributed by atoms with van der Waals surface area (Å²) >= 11 is 1.80. The quantitative estimate of drug-likeness (QED) is 0.123. The summed E-state index contributed by atoms with van der Waals surface area (Å²) in [6.45, 7) is 2.74. The second-order valence-corrected chi connectivity index (χ2v) is 12.4. The van der Waals surface area contributed by atoms with Gasteiger partial charge in [0.15, 0.2) is 0 Å². The molecule has 1 aliphatic rings. The Labute approximate surface area is 270 Å². The van der Waals surface area contributed by atoms with E-state index in [2.05, 4.69) is 119 Å². The van der Waals surface area contributed by atoms with Crippen LogP contribution in [-0.4, -0.2) is 48.5 Å². The molecule has 0 amide bonds. The summed E-state index contributed by atoms with van der Waals surface area (Å²) < 4.78 is 13.9. The molecule has 5 aromatic rings. The minimum absolute atomic E-state index is 0.798. The summed E-state index contributed by atoms with van der Waals surface area (Å²) in [5, 5.41) is 5.71. The van der Waals surface area contributed by atoms with Crippen molar-refractivity contribution in [3.05, 3.63) is 113 Å². The smallest absolute Gasteiger partial charge is 0.277 e. The number of anilines is 2. The molecule has 0 saturated heterocycles. The number of ether oxygens (including phenoxy) is 2. The molecule has 230 valence electrons. The van der Waals surface area contributed by atoms with Crippen LogP contribution in [0.25, 0.3) is 28.1 Å². The molecule has 0 aliphatic carbocycles. The Morgan fingerprint density at radius 3 is 2.36 bits per heavy atom. The maximum Gasteiger partial charge on any atom is 0.277 e. The minimum atomic E-state index is 0.798. The molecule has 0 spiro atoms. The molecule has 7 heteroatoms. The predicted octanol–water partition coefficient (Wildman–Crippen LogP) is 7.45. The first-order valence-corrected chi connectivity index (χ1v) is 16.2. The zero-order valence-electron chi connectivity index (χ0n) is 26.7. The lowest BCUT2D eigenvalue weighted by Gasteiger charge is -2.20. The Kier molecular flexibility index (Phi) is 9.29. The maximum atomic E-state index is 5.71. The van der Waals surface area contributed by atoms with E-state index >= 15 is 0 Å². The van der Waals surface area contributed by atoms with Gasteiger partial charge in [0.05, 0.1) is 44.1 Å². The Morgan fingerprint density at radius 1 is 0.889 bits per heavy atom. The largest absolute Gasteiger partial charge is 0.496 e. The normalized spacial score (nSPS) is 13.4. The molecule has 6 nitrogen and oxygen atoms in total. The molecular formula is C38H41N4O2S+. The topological polar surface area (TPSA) is 40.9 Å². The van der Waals surface area contributed by atoms with Crippen molar-refractivity contribution in [2.24, 2.45) is 0 Å². The number of aromatic nitrogens is 1. The summed E-state index contributed by atoms with van der Waals surface area (Å²) in [5.41, 5.74) is 6.94. The fourth-order valence-corrected chi connectivity index (χ4v) is 7.21. The molecule has 1 aliphatic heterocycles. The average molecular weight is 618 g/mol. The highest BCUT2D eigenvalue weighted by atomic mass is 32.2. The first kappa shape index (κ1) is 30.6. The van der Waals surface area contributed by atoms with Gasteiger partial charge in [-0.25, -0.2) is 4.57 Å². The van der Waals surface area contributed by atoms with Crippen LogP contribution in [0.15, 0.2) is 107 Å². The fraction of sp³-hybridized carbons (Fsp3) is 0.237. The number of pyridine rings is 1. The van der Waals surface area contributed by atoms with Crippen LogP contribution >= 0.6 is 11.8 Å². The van der Waals surface area contributed by atoms with Crippen LogP contribution in [0.4, 0.5) is 11.5 Å². The SMILES string of the molecule is CNCCCN(C)c1cc(C=C2Sc3cc(-c4c(OC)cccc4OC)ccc3N2C)c2ccccc2[n+]1Cc1ccccc1. The van der Waals surface area contributed by atoms with Gasteiger partial charge < -0.3 is 19.7 Å². The van der Waals surface area contributed by atoms with Crippen molar-refractivity contribution in [2.75, 3.05) is 58.3 Å². The maximum absolute atomic E-state index is 5.71. The van der Waals surface area contributed by atoms with E-state index in [1.54, 1.807) is 26.0 Å². The Balaban J connectivity index is 1.42. The van der Waals surface area contributed by atoms with Crippen molar-refractivity contribution in [1.82, 2.24) is 5.32 Å². The molecular weight excluding hydrogens is 577 g/mol. The summed E-state index contributed by atoms with van der Waals surface area (Å²) in [5.74, 6) is 2.80. The van der Waals surface area contributed by atoms with Gasteiger partial charge in [-0.05, 0) is 73.1 Å². The van der Waals surface area contributed by atoms with E-state index in [9.17, 15) is 0 Å². The molecule has 1 N–H and O–H groups in total. The summed E-state index contributed by atoms with van der Waals surface area (Å²) in [6, 6.07) is 34.4. The van der Waals surface area contributed by atoms with Gasteiger partial charge in [-0.3, -0.25) is 4.90 Å². The summed E-state index contributed by atoms with van der Waals surface area (Å²) in [6.07, 6.45) is 3.41. The van der Waals surface area contributed by atoms with Crippen molar-refractivity contribution < 1.29 is 14.0 Å². The number of hydrogen-bond acceptors (Lipinski definition) is 6. The first-order chi connectivity index (χ1) is 22.0. The number of benzene rings is 4. The van der Waals surface area contributed by atoms with Crippen molar-refractivity contribution in [3.8, 4) is 22.6 Å². The van der Waals surface area contributed by atoms with Crippen LogP contribution in [0, 0.1) is 0 Å². The van der Waals surface area contributed by atoms with E-state index in [-0.39, 0.29) is 0 Å². The Hall–Kier alpha value is -4.46. The number of hydrogen-bond donors (Lipinski definition) is 1. The van der Waals surface area contributed by atoms with E-state index in [1.807, 2.05) is 25.2 Å². The number of nitrogens with one attached hydrogen (secondary N) is 1. The van der Waals surface area contributed by atoms with Gasteiger partial charge in [-0.1, -0.05) is 72.4 Å². The van der Waals surface area contributed by atoms with Crippen molar-refractivity contribution >= 4 is 40.2 Å². The van der Waals surface area contributed by atoms with Gasteiger partial charge in [0.25, 0.3) is 5.82 Å². The van der Waals surface area contributed by atoms with Crippen LogP contribution in [0.3, 0.4) is 0 Å². The van der Waals surface area contributed by atoms with Gasteiger partial charge in [0, 0.05) is 23.4 Å². The third-order valence-corrected chi connectivity index (χ3v) is 9.57. The highest BCUT2D eigenvalue weighted by Crippen LogP contribution is 2.49. The number of thioether (sulfide) groups is 1. The number of fused-ring (bicyclic) bond motifs is 2. The molecule has 0 bridgehead atoms. The van der Waals surface area contributed by atoms with Crippen molar-refractivity contribution in [1.29, 1.82) is 0 Å². The summed E-state index contributed by atoms with van der Waals surface area (Å²) in [4.78, 5) is 5.89. The molecule has 45 heavy (non-hydrogen) atoms. The lowest BCUT2D eigenvalue weighted by Crippen LogP contribution is -2.43. The zero-order valence-corrected chi connectivity index (χ0v) is 27.5. The Bertz CT molecular complexity index is 1820. The van der Waals surface area contributed by atoms with Gasteiger partial charge in [0.2, 0.25) is 0 Å². The highest BCUT2D eigenvalue weighted by molar-refractivity contribution is 8.03. The van der Waals surface area contributed by atoms with Crippen LogP contribution in [0.2, 0.25) is 0 Å². The average Bonchev–Trinajstić information content (AvgIpc) is 3.39. The van der Waals surface area contributed by atoms with E-state index in [4.69, 9.17) is 9.47 Å². The lowest BCUT2D eigenvalue weighted by atomic mass is 10.0. The van der Waals surface area contributed by atoms with Crippen LogP contribution in [0.5, 0.6) is 11.5 Å². The second kappa shape index (κ2) is 13.7. The standard InChI is InChI=1S/C38H41N4O2S/c1-39-21-12-22-40(2)36-24-29(30-15-9-10-16-31(30)42(36)26-27-13-7-6-8-14-27)25-37-41(3)32-20-19-28(23-35(32)45-37)38-33(43-4)17-11-18-34(38)44-5/h6-11,13-20,23-25,39H,12,21-22,26H2,1-5H3/q+1. The minimum Gasteiger partial charge on any atom is -0.496 e. The number of nitrogens with zero attached hydrogens (tertiary/aromatic N) is 3. The highest BCUT2D eigenvalue weighted by Gasteiger charge is 2.26. The van der Waals surface area contributed by atoms with E-state index in [0.717, 1.165) is 48.7 Å². The van der Waals surface area contributed by atoms with Gasteiger partial charge in [-0.2, -0.15) is 0 Å². The predicted molar refractivity (Wildman–Crippen MR) is 189 cm³/mol. The fourth-order valence-electron chi connectivity index (χ4n) is 6.07. The lowest BCUT2D eigenvalue weighted by molar-refractivity contribution is -0.649. The van der Waals surface area contributed by atoms with Crippen molar-refractivity contribution in [3.63, 3.8) is 0 Å². The number of para-hydroxylation sites is 1. The van der Waals surface area contributed by atoms with Gasteiger partial charge in [-0.15, -0.1) is 0 Å². The molecule has 6 rings (SSSR count). The van der Waals surface area contributed by atoms with Gasteiger partial charge in [0.1, 0.15) is 23.6 Å². The van der Waals surface area contributed by atoms with E-state index in [1.165, 1.54) is 43.5 Å². The van der Waals surface area contributed by atoms with Gasteiger partial charge >= 0.3 is 0 Å². The monoisotopic (exact) mass is 617 g/mol. The number of rotatable bonds is 11. The first-order valence-electron chi connectivity index (χ1n) is 15.4. The van der Waals surface area contributed by atoms with E-state index < -0.39 is 0 Å². The molecule has 1 aromatic heterocycles. The molecule has 0 fully saturated rings.